The van der Waals surface area contributed by atoms with Crippen molar-refractivity contribution in [2.24, 2.45) is 0 Å². The van der Waals surface area contributed by atoms with E-state index in [4.69, 9.17) is 4.74 Å². The van der Waals surface area contributed by atoms with Gasteiger partial charge < -0.3 is 4.74 Å². The first-order chi connectivity index (χ1) is 9.26. The summed E-state index contributed by atoms with van der Waals surface area (Å²) in [4.78, 5) is 20.6. The third-order valence-corrected chi connectivity index (χ3v) is 3.31. The summed E-state index contributed by atoms with van der Waals surface area (Å²) in [5, 5.41) is 3.98. The second kappa shape index (κ2) is 6.43. The molecule has 0 amide bonds. The molecular weight excluding hydrogens is 260 g/mol. The predicted molar refractivity (Wildman–Crippen MR) is 75.3 cm³/mol. The summed E-state index contributed by atoms with van der Waals surface area (Å²) in [6, 6.07) is 1.97. The van der Waals surface area contributed by atoms with Crippen molar-refractivity contribution in [1.29, 1.82) is 0 Å². The van der Waals surface area contributed by atoms with Gasteiger partial charge in [-0.05, 0) is 24.8 Å². The Labute approximate surface area is 116 Å². The maximum absolute atomic E-state index is 11.8. The number of carbonyl (C=O) groups excluding carboxylic acids is 1. The number of rotatable bonds is 5. The fraction of sp³-hybridized carbons (Fsp3) is 0.357. The molecule has 0 radical (unpaired) electrons. The van der Waals surface area contributed by atoms with Gasteiger partial charge in [0.1, 0.15) is 0 Å². The molecule has 0 aliphatic rings. The molecule has 100 valence electrons. The van der Waals surface area contributed by atoms with Crippen LogP contribution in [0, 0.1) is 0 Å². The van der Waals surface area contributed by atoms with Crippen LogP contribution in [0.4, 0.5) is 0 Å². The number of thiophene rings is 1. The van der Waals surface area contributed by atoms with E-state index in [9.17, 15) is 4.79 Å². The van der Waals surface area contributed by atoms with Crippen LogP contribution >= 0.6 is 11.3 Å². The number of nitrogens with zero attached hydrogens (tertiary/aromatic N) is 2. The van der Waals surface area contributed by atoms with Crippen molar-refractivity contribution in [2.45, 2.75) is 26.7 Å². The average molecular weight is 276 g/mol. The Balaban J connectivity index is 2.37. The van der Waals surface area contributed by atoms with Gasteiger partial charge >= 0.3 is 5.97 Å². The summed E-state index contributed by atoms with van der Waals surface area (Å²) in [6.45, 7) is 4.20. The van der Waals surface area contributed by atoms with E-state index in [1.807, 2.05) is 16.8 Å². The Kier molecular flexibility index (Phi) is 4.63. The van der Waals surface area contributed by atoms with Gasteiger partial charge in [-0.15, -0.1) is 0 Å². The molecule has 19 heavy (non-hydrogen) atoms. The largest absolute Gasteiger partial charge is 0.462 e. The van der Waals surface area contributed by atoms with E-state index in [2.05, 4.69) is 16.9 Å². The monoisotopic (exact) mass is 276 g/mol. The molecule has 4 nitrogen and oxygen atoms in total. The van der Waals surface area contributed by atoms with Gasteiger partial charge in [-0.1, -0.05) is 13.3 Å². The van der Waals surface area contributed by atoms with Crippen LogP contribution in [0.5, 0.6) is 0 Å². The molecule has 0 spiro atoms. The van der Waals surface area contributed by atoms with E-state index in [1.165, 1.54) is 0 Å². The topological polar surface area (TPSA) is 52.1 Å². The maximum Gasteiger partial charge on any atom is 0.341 e. The van der Waals surface area contributed by atoms with Gasteiger partial charge in [-0.25, -0.2) is 14.8 Å². The van der Waals surface area contributed by atoms with Crippen molar-refractivity contribution in [1.82, 2.24) is 9.97 Å². The number of carbonyl (C=O) groups is 1. The van der Waals surface area contributed by atoms with E-state index in [1.54, 1.807) is 24.5 Å². The molecule has 2 heterocycles. The molecular formula is C14H16N2O2S. The lowest BCUT2D eigenvalue weighted by atomic mass is 10.1. The van der Waals surface area contributed by atoms with Crippen LogP contribution in [-0.2, 0) is 11.2 Å². The van der Waals surface area contributed by atoms with Gasteiger partial charge in [0.2, 0.25) is 0 Å². The first-order valence-electron chi connectivity index (χ1n) is 6.31. The van der Waals surface area contributed by atoms with Crippen molar-refractivity contribution in [3.05, 3.63) is 34.3 Å². The number of ether oxygens (including phenoxy) is 1. The normalized spacial score (nSPS) is 10.4. The Morgan fingerprint density at radius 3 is 2.89 bits per heavy atom. The van der Waals surface area contributed by atoms with Gasteiger partial charge in [0.25, 0.3) is 0 Å². The van der Waals surface area contributed by atoms with Gasteiger partial charge in [-0.2, -0.15) is 11.3 Å². The third kappa shape index (κ3) is 3.17. The Hall–Kier alpha value is -1.75. The molecule has 0 fully saturated rings. The molecule has 0 aliphatic carbocycles. The second-order valence-corrected chi connectivity index (χ2v) is 4.82. The summed E-state index contributed by atoms with van der Waals surface area (Å²) in [5.74, 6) is 0.320. The molecule has 0 unspecified atom stereocenters. The first kappa shape index (κ1) is 13.7. The van der Waals surface area contributed by atoms with Crippen LogP contribution < -0.4 is 0 Å². The minimum absolute atomic E-state index is 0.345. The van der Waals surface area contributed by atoms with Crippen molar-refractivity contribution in [3.8, 4) is 11.4 Å². The standard InChI is InChI=1S/C14H16N2O2S/c1-3-5-12-11(14(17)18-4-2)8-15-13(16-12)10-6-7-19-9-10/h6-9H,3-5H2,1-2H3. The summed E-state index contributed by atoms with van der Waals surface area (Å²) in [6.07, 6.45) is 3.24. The number of aromatic nitrogens is 2. The van der Waals surface area contributed by atoms with Crippen LogP contribution in [-0.4, -0.2) is 22.5 Å². The fourth-order valence-electron chi connectivity index (χ4n) is 1.75. The molecule has 2 rings (SSSR count). The first-order valence-corrected chi connectivity index (χ1v) is 7.26. The lowest BCUT2D eigenvalue weighted by molar-refractivity contribution is 0.0524. The van der Waals surface area contributed by atoms with Crippen molar-refractivity contribution in [3.63, 3.8) is 0 Å². The highest BCUT2D eigenvalue weighted by Gasteiger charge is 2.15. The molecule has 2 aromatic heterocycles. The van der Waals surface area contributed by atoms with Crippen LogP contribution in [0.1, 0.15) is 36.3 Å². The van der Waals surface area contributed by atoms with E-state index < -0.39 is 0 Å². The molecule has 0 aromatic carbocycles. The van der Waals surface area contributed by atoms with Crippen LogP contribution in [0.25, 0.3) is 11.4 Å². The summed E-state index contributed by atoms with van der Waals surface area (Å²) in [5.41, 5.74) is 2.22. The highest BCUT2D eigenvalue weighted by atomic mass is 32.1. The zero-order valence-corrected chi connectivity index (χ0v) is 11.9. The van der Waals surface area contributed by atoms with Crippen molar-refractivity contribution >= 4 is 17.3 Å². The number of esters is 1. The Bertz CT molecular complexity index is 553. The SMILES string of the molecule is CCCc1nc(-c2ccsc2)ncc1C(=O)OCC. The zero-order valence-electron chi connectivity index (χ0n) is 11.0. The van der Waals surface area contributed by atoms with E-state index >= 15 is 0 Å². The number of hydrogen-bond acceptors (Lipinski definition) is 5. The minimum atomic E-state index is -0.345. The Morgan fingerprint density at radius 2 is 2.26 bits per heavy atom. The third-order valence-electron chi connectivity index (χ3n) is 2.63. The molecule has 0 saturated heterocycles. The van der Waals surface area contributed by atoms with E-state index in [-0.39, 0.29) is 5.97 Å². The van der Waals surface area contributed by atoms with E-state index in [0.29, 0.717) is 18.0 Å². The zero-order chi connectivity index (χ0) is 13.7. The van der Waals surface area contributed by atoms with Crippen LogP contribution in [0.15, 0.2) is 23.0 Å². The molecule has 0 N–H and O–H groups in total. The van der Waals surface area contributed by atoms with Gasteiger partial charge in [0, 0.05) is 17.1 Å². The van der Waals surface area contributed by atoms with Gasteiger partial charge in [-0.3, -0.25) is 0 Å². The number of hydrogen-bond donors (Lipinski definition) is 0. The summed E-state index contributed by atoms with van der Waals surface area (Å²) >= 11 is 1.60. The maximum atomic E-state index is 11.8. The van der Waals surface area contributed by atoms with E-state index in [0.717, 1.165) is 24.1 Å². The minimum Gasteiger partial charge on any atom is -0.462 e. The van der Waals surface area contributed by atoms with Crippen molar-refractivity contribution < 1.29 is 9.53 Å². The molecule has 0 saturated carbocycles. The van der Waals surface area contributed by atoms with Gasteiger partial charge in [0.05, 0.1) is 17.9 Å². The predicted octanol–water partition coefficient (Wildman–Crippen LogP) is 3.33. The quantitative estimate of drug-likeness (QED) is 0.786. The highest BCUT2D eigenvalue weighted by Crippen LogP contribution is 2.20. The molecule has 0 aliphatic heterocycles. The highest BCUT2D eigenvalue weighted by molar-refractivity contribution is 7.08. The lowest BCUT2D eigenvalue weighted by Crippen LogP contribution is -2.11. The van der Waals surface area contributed by atoms with Crippen molar-refractivity contribution in [2.75, 3.05) is 6.61 Å². The van der Waals surface area contributed by atoms with Crippen LogP contribution in [0.3, 0.4) is 0 Å². The number of aryl methyl sites for hydroxylation is 1. The Morgan fingerprint density at radius 1 is 1.42 bits per heavy atom. The molecule has 5 heteroatoms. The smallest absolute Gasteiger partial charge is 0.341 e. The van der Waals surface area contributed by atoms with Crippen LogP contribution in [0.2, 0.25) is 0 Å². The second-order valence-electron chi connectivity index (χ2n) is 4.04. The fourth-order valence-corrected chi connectivity index (χ4v) is 2.39. The molecule has 0 atom stereocenters. The summed E-state index contributed by atoms with van der Waals surface area (Å²) in [7, 11) is 0. The molecule has 0 bridgehead atoms. The lowest BCUT2D eigenvalue weighted by Gasteiger charge is -2.08. The van der Waals surface area contributed by atoms with Gasteiger partial charge in [0.15, 0.2) is 5.82 Å². The average Bonchev–Trinajstić information content (AvgIpc) is 2.93. The summed E-state index contributed by atoms with van der Waals surface area (Å²) < 4.78 is 5.03. The molecule has 2 aromatic rings.